The molecule has 3 amide bonds. The molecule has 1 aromatic carbocycles. The molecule has 4 atom stereocenters. The Kier molecular flexibility index (Phi) is 7.15. The topological polar surface area (TPSA) is 122 Å². The summed E-state index contributed by atoms with van der Waals surface area (Å²) in [5.74, 6) is 0.573. The van der Waals surface area contributed by atoms with E-state index < -0.39 is 6.10 Å². The molecule has 0 bridgehead atoms. The van der Waals surface area contributed by atoms with Gasteiger partial charge in [0.25, 0.3) is 0 Å². The van der Waals surface area contributed by atoms with E-state index in [0.29, 0.717) is 18.7 Å². The third-order valence-corrected chi connectivity index (χ3v) is 7.07. The van der Waals surface area contributed by atoms with E-state index in [1.54, 1.807) is 12.4 Å². The van der Waals surface area contributed by atoms with Gasteiger partial charge in [-0.1, -0.05) is 18.9 Å². The lowest BCUT2D eigenvalue weighted by Gasteiger charge is -2.37. The molecule has 1 saturated carbocycles. The predicted molar refractivity (Wildman–Crippen MR) is 129 cm³/mol. The molecule has 9 nitrogen and oxygen atoms in total. The van der Waals surface area contributed by atoms with Crippen LogP contribution in [0.4, 0.5) is 10.5 Å². The number of pyridine rings is 1. The van der Waals surface area contributed by atoms with Crippen molar-refractivity contribution in [1.29, 1.82) is 0 Å². The Bertz CT molecular complexity index is 1040. The van der Waals surface area contributed by atoms with Crippen molar-refractivity contribution in [1.82, 2.24) is 15.6 Å². The van der Waals surface area contributed by atoms with E-state index in [2.05, 4.69) is 20.9 Å². The molecule has 3 heterocycles. The molecule has 0 unspecified atom stereocenters. The molecule has 2 fully saturated rings. The van der Waals surface area contributed by atoms with Crippen LogP contribution in [0.3, 0.4) is 0 Å². The van der Waals surface area contributed by atoms with Crippen molar-refractivity contribution in [3.8, 4) is 5.75 Å². The minimum absolute atomic E-state index is 0.0355. The highest BCUT2D eigenvalue weighted by Gasteiger charge is 2.46. The van der Waals surface area contributed by atoms with Crippen molar-refractivity contribution in [2.45, 2.75) is 75.3 Å². The molecule has 0 radical (unpaired) electrons. The number of hydrogen-bond acceptors (Lipinski definition) is 6. The Morgan fingerprint density at radius 3 is 2.80 bits per heavy atom. The van der Waals surface area contributed by atoms with Gasteiger partial charge in [-0.05, 0) is 49.1 Å². The lowest BCUT2D eigenvalue weighted by Crippen LogP contribution is -2.47. The van der Waals surface area contributed by atoms with Crippen LogP contribution >= 0.6 is 0 Å². The highest BCUT2D eigenvalue weighted by Crippen LogP contribution is 2.47. The highest BCUT2D eigenvalue weighted by molar-refractivity contribution is 5.89. The van der Waals surface area contributed by atoms with Crippen LogP contribution in [0.2, 0.25) is 0 Å². The fourth-order valence-electron chi connectivity index (χ4n) is 5.37. The number of urea groups is 1. The third kappa shape index (κ3) is 5.57. The smallest absolute Gasteiger partial charge is 0.319 e. The summed E-state index contributed by atoms with van der Waals surface area (Å²) in [5, 5.41) is 18.8. The lowest BCUT2D eigenvalue weighted by atomic mass is 9.84. The van der Waals surface area contributed by atoms with Crippen molar-refractivity contribution in [2.24, 2.45) is 0 Å². The van der Waals surface area contributed by atoms with Gasteiger partial charge >= 0.3 is 6.03 Å². The van der Waals surface area contributed by atoms with Gasteiger partial charge in [-0.15, -0.1) is 0 Å². The average Bonchev–Trinajstić information content (AvgIpc) is 3.50. The number of nitrogens with zero attached hydrogens (tertiary/aromatic N) is 1. The third-order valence-electron chi connectivity index (χ3n) is 7.07. The first-order valence-electron chi connectivity index (χ1n) is 12.4. The predicted octanol–water partition coefficient (Wildman–Crippen LogP) is 2.85. The number of anilines is 1. The van der Waals surface area contributed by atoms with Gasteiger partial charge in [0.05, 0.1) is 19.1 Å². The zero-order valence-corrected chi connectivity index (χ0v) is 19.6. The van der Waals surface area contributed by atoms with Crippen molar-refractivity contribution in [3.63, 3.8) is 0 Å². The SMILES string of the molecule is O=C(C[C@@H]1C[C@H]2c3cc(NC(=O)NC4CCCC4)ccc3O[C@H]2[C@H](CO)O1)NCc1cccnc1. The zero-order valence-electron chi connectivity index (χ0n) is 19.6. The standard InChI is InChI=1S/C26H32N4O5/c31-15-23-25-21(11-19(34-23)12-24(32)28-14-16-4-3-9-27-13-16)20-10-18(7-8-22(20)35-25)30-26(33)29-17-5-1-2-6-17/h3-4,7-10,13,17,19,21,23,25,31H,1-2,5-6,11-12,14-15H2,(H,28,32)(H2,29,30,33)/t19-,21-,23-,25+/m0/s1. The Morgan fingerprint density at radius 1 is 1.17 bits per heavy atom. The van der Waals surface area contributed by atoms with Gasteiger partial charge in [0.1, 0.15) is 18.0 Å². The number of carbonyl (C=O) groups excluding carboxylic acids is 2. The quantitative estimate of drug-likeness (QED) is 0.484. The summed E-state index contributed by atoms with van der Waals surface area (Å²) < 4.78 is 12.2. The van der Waals surface area contributed by atoms with E-state index in [4.69, 9.17) is 9.47 Å². The molecule has 2 aromatic rings. The number of rotatable bonds is 7. The van der Waals surface area contributed by atoms with Gasteiger partial charge in [-0.3, -0.25) is 9.78 Å². The fraction of sp³-hybridized carbons (Fsp3) is 0.500. The van der Waals surface area contributed by atoms with E-state index in [9.17, 15) is 14.7 Å². The van der Waals surface area contributed by atoms with Gasteiger partial charge in [0.15, 0.2) is 0 Å². The Morgan fingerprint density at radius 2 is 2.03 bits per heavy atom. The average molecular weight is 481 g/mol. The van der Waals surface area contributed by atoms with Gasteiger partial charge in [-0.25, -0.2) is 4.79 Å². The second kappa shape index (κ2) is 10.6. The molecule has 186 valence electrons. The number of ether oxygens (including phenoxy) is 2. The highest BCUT2D eigenvalue weighted by atomic mass is 16.6. The minimum Gasteiger partial charge on any atom is -0.487 e. The van der Waals surface area contributed by atoms with Crippen molar-refractivity contribution >= 4 is 17.6 Å². The monoisotopic (exact) mass is 480 g/mol. The van der Waals surface area contributed by atoms with Gasteiger partial charge in [-0.2, -0.15) is 0 Å². The van der Waals surface area contributed by atoms with Crippen LogP contribution in [0, 0.1) is 0 Å². The molecule has 4 N–H and O–H groups in total. The summed E-state index contributed by atoms with van der Waals surface area (Å²) in [5.41, 5.74) is 2.59. The second-order valence-electron chi connectivity index (χ2n) is 9.58. The van der Waals surface area contributed by atoms with Gasteiger partial charge in [0, 0.05) is 42.1 Å². The van der Waals surface area contributed by atoms with Gasteiger partial charge < -0.3 is 30.5 Å². The molecule has 1 aliphatic carbocycles. The summed E-state index contributed by atoms with van der Waals surface area (Å²) in [4.78, 5) is 29.1. The van der Waals surface area contributed by atoms with Gasteiger partial charge in [0.2, 0.25) is 5.91 Å². The number of nitrogens with one attached hydrogen (secondary N) is 3. The summed E-state index contributed by atoms with van der Waals surface area (Å²) in [6.45, 7) is 0.205. The largest absolute Gasteiger partial charge is 0.487 e. The number of fused-ring (bicyclic) bond motifs is 3. The van der Waals surface area contributed by atoms with Crippen molar-refractivity contribution in [2.75, 3.05) is 11.9 Å². The maximum Gasteiger partial charge on any atom is 0.319 e. The number of aliphatic hydroxyl groups excluding tert-OH is 1. The first kappa shape index (κ1) is 23.6. The maximum atomic E-state index is 12.6. The van der Waals surface area contributed by atoms with Crippen molar-refractivity contribution < 1.29 is 24.2 Å². The molecule has 2 aliphatic heterocycles. The molecule has 9 heteroatoms. The summed E-state index contributed by atoms with van der Waals surface area (Å²) in [7, 11) is 0. The number of amides is 3. The Labute approximate surface area is 204 Å². The van der Waals surface area contributed by atoms with Crippen LogP contribution in [-0.2, 0) is 16.1 Å². The number of carbonyl (C=O) groups is 2. The first-order valence-corrected chi connectivity index (χ1v) is 12.4. The van der Waals surface area contributed by atoms with Crippen LogP contribution in [0.1, 0.15) is 55.6 Å². The van der Waals surface area contributed by atoms with E-state index in [-0.39, 0.29) is 49.1 Å². The normalized spacial score (nSPS) is 25.3. The van der Waals surface area contributed by atoms with Crippen LogP contribution in [-0.4, -0.2) is 53.0 Å². The Balaban J connectivity index is 1.22. The molecular weight excluding hydrogens is 448 g/mol. The Hall–Kier alpha value is -3.17. The van der Waals surface area contributed by atoms with Crippen LogP contribution in [0.15, 0.2) is 42.7 Å². The maximum absolute atomic E-state index is 12.6. The molecule has 35 heavy (non-hydrogen) atoms. The zero-order chi connectivity index (χ0) is 24.2. The summed E-state index contributed by atoms with van der Waals surface area (Å²) in [6, 6.07) is 9.39. The van der Waals surface area contributed by atoms with E-state index in [0.717, 1.165) is 42.6 Å². The minimum atomic E-state index is -0.528. The molecule has 5 rings (SSSR count). The second-order valence-corrected chi connectivity index (χ2v) is 9.58. The first-order chi connectivity index (χ1) is 17.1. The summed E-state index contributed by atoms with van der Waals surface area (Å²) in [6.07, 6.45) is 7.34. The number of aromatic nitrogens is 1. The fourth-order valence-corrected chi connectivity index (χ4v) is 5.37. The lowest BCUT2D eigenvalue weighted by molar-refractivity contribution is -0.142. The van der Waals surface area contributed by atoms with E-state index >= 15 is 0 Å². The van der Waals surface area contributed by atoms with Crippen LogP contribution in [0.25, 0.3) is 0 Å². The molecular formula is C26H32N4O5. The molecule has 1 saturated heterocycles. The van der Waals surface area contributed by atoms with E-state index in [1.807, 2.05) is 30.3 Å². The molecule has 1 aromatic heterocycles. The van der Waals surface area contributed by atoms with Crippen molar-refractivity contribution in [3.05, 3.63) is 53.9 Å². The summed E-state index contributed by atoms with van der Waals surface area (Å²) >= 11 is 0. The van der Waals surface area contributed by atoms with Crippen LogP contribution in [0.5, 0.6) is 5.75 Å². The van der Waals surface area contributed by atoms with E-state index in [1.165, 1.54) is 0 Å². The number of hydrogen-bond donors (Lipinski definition) is 4. The van der Waals surface area contributed by atoms with Crippen LogP contribution < -0.4 is 20.7 Å². The molecule has 3 aliphatic rings. The molecule has 0 spiro atoms. The number of benzene rings is 1. The number of aliphatic hydroxyl groups is 1.